The Kier molecular flexibility index (Phi) is 3.87. The summed E-state index contributed by atoms with van der Waals surface area (Å²) >= 11 is 5.90. The molecule has 3 heteroatoms. The van der Waals surface area contributed by atoms with Crippen molar-refractivity contribution in [3.05, 3.63) is 29.3 Å². The molecule has 1 fully saturated rings. The topological polar surface area (TPSA) is 24.1 Å². The van der Waals surface area contributed by atoms with E-state index in [2.05, 4.69) is 10.9 Å². The molecule has 1 aromatic rings. The Morgan fingerprint density at radius 3 is 2.67 bits per heavy atom. The van der Waals surface area contributed by atoms with Crippen molar-refractivity contribution in [1.82, 2.24) is 5.43 Å². The van der Waals surface area contributed by atoms with Crippen molar-refractivity contribution < 1.29 is 0 Å². The average molecular weight is 225 g/mol. The number of hydrogen-bond acceptors (Lipinski definition) is 2. The van der Waals surface area contributed by atoms with Crippen molar-refractivity contribution in [3.63, 3.8) is 0 Å². The predicted octanol–water partition coefficient (Wildman–Crippen LogP) is 3.59. The highest BCUT2D eigenvalue weighted by molar-refractivity contribution is 6.30. The van der Waals surface area contributed by atoms with Gasteiger partial charge in [-0.25, -0.2) is 5.43 Å². The van der Waals surface area contributed by atoms with Crippen LogP contribution < -0.4 is 10.9 Å². The minimum Gasteiger partial charge on any atom is -0.321 e. The Bertz CT molecular complexity index is 308. The second-order valence-electron chi connectivity index (χ2n) is 4.11. The molecule has 0 atom stereocenters. The van der Waals surface area contributed by atoms with Crippen LogP contribution in [0.1, 0.15) is 32.1 Å². The fourth-order valence-electron chi connectivity index (χ4n) is 2.00. The van der Waals surface area contributed by atoms with Crippen molar-refractivity contribution >= 4 is 17.3 Å². The van der Waals surface area contributed by atoms with Gasteiger partial charge in [0.05, 0.1) is 5.69 Å². The summed E-state index contributed by atoms with van der Waals surface area (Å²) in [5, 5.41) is 0.769. The van der Waals surface area contributed by atoms with Gasteiger partial charge in [-0.1, -0.05) is 36.9 Å². The first-order chi connectivity index (χ1) is 7.34. The smallest absolute Gasteiger partial charge is 0.0502 e. The van der Waals surface area contributed by atoms with Gasteiger partial charge >= 0.3 is 0 Å². The molecule has 0 radical (unpaired) electrons. The zero-order valence-corrected chi connectivity index (χ0v) is 9.56. The quantitative estimate of drug-likeness (QED) is 0.767. The molecular formula is C12H17ClN2. The van der Waals surface area contributed by atoms with Crippen molar-refractivity contribution in [1.29, 1.82) is 0 Å². The number of hydrogen-bond donors (Lipinski definition) is 2. The monoisotopic (exact) mass is 224 g/mol. The standard InChI is InChI=1S/C12H17ClN2/c13-10-5-4-8-12(9-10)15-14-11-6-2-1-3-7-11/h4-5,8-9,11,14-15H,1-3,6-7H2. The van der Waals surface area contributed by atoms with Gasteiger partial charge in [0.2, 0.25) is 0 Å². The maximum absolute atomic E-state index is 5.90. The van der Waals surface area contributed by atoms with E-state index in [9.17, 15) is 0 Å². The molecule has 0 aliphatic heterocycles. The molecule has 0 amide bonds. The average Bonchev–Trinajstić information content (AvgIpc) is 2.28. The van der Waals surface area contributed by atoms with Gasteiger partial charge < -0.3 is 5.43 Å². The molecule has 0 aromatic heterocycles. The Hall–Kier alpha value is -0.730. The highest BCUT2D eigenvalue weighted by Gasteiger charge is 2.11. The highest BCUT2D eigenvalue weighted by Crippen LogP contribution is 2.18. The van der Waals surface area contributed by atoms with E-state index in [4.69, 9.17) is 11.6 Å². The molecule has 1 aromatic carbocycles. The van der Waals surface area contributed by atoms with Crippen molar-refractivity contribution in [2.75, 3.05) is 5.43 Å². The number of nitrogens with one attached hydrogen (secondary N) is 2. The van der Waals surface area contributed by atoms with Crippen molar-refractivity contribution in [2.24, 2.45) is 0 Å². The van der Waals surface area contributed by atoms with Gasteiger partial charge in [-0.15, -0.1) is 0 Å². The van der Waals surface area contributed by atoms with Crippen LogP contribution in [-0.4, -0.2) is 6.04 Å². The van der Waals surface area contributed by atoms with E-state index in [0.29, 0.717) is 6.04 Å². The molecule has 82 valence electrons. The summed E-state index contributed by atoms with van der Waals surface area (Å²) in [6.45, 7) is 0. The fourth-order valence-corrected chi connectivity index (χ4v) is 2.19. The summed E-state index contributed by atoms with van der Waals surface area (Å²) in [5.41, 5.74) is 7.61. The molecule has 1 saturated carbocycles. The SMILES string of the molecule is Clc1cccc(NNC2CCCCC2)c1. The molecule has 0 saturated heterocycles. The summed E-state index contributed by atoms with van der Waals surface area (Å²) in [4.78, 5) is 0. The zero-order chi connectivity index (χ0) is 10.5. The van der Waals surface area contributed by atoms with Crippen LogP contribution in [0.3, 0.4) is 0 Å². The summed E-state index contributed by atoms with van der Waals surface area (Å²) < 4.78 is 0. The number of benzene rings is 1. The first-order valence-corrected chi connectivity index (χ1v) is 5.99. The molecule has 2 N–H and O–H groups in total. The lowest BCUT2D eigenvalue weighted by Gasteiger charge is -2.23. The van der Waals surface area contributed by atoms with Gasteiger partial charge in [0.15, 0.2) is 0 Å². The minimum absolute atomic E-state index is 0.609. The molecule has 1 aliphatic carbocycles. The van der Waals surface area contributed by atoms with Crippen molar-refractivity contribution in [2.45, 2.75) is 38.1 Å². The van der Waals surface area contributed by atoms with Gasteiger partial charge in [0.25, 0.3) is 0 Å². The van der Waals surface area contributed by atoms with E-state index in [0.717, 1.165) is 10.7 Å². The largest absolute Gasteiger partial charge is 0.321 e. The van der Waals surface area contributed by atoms with Gasteiger partial charge in [0.1, 0.15) is 0 Å². The maximum Gasteiger partial charge on any atom is 0.0502 e. The van der Waals surface area contributed by atoms with Crippen LogP contribution in [0.15, 0.2) is 24.3 Å². The van der Waals surface area contributed by atoms with Crippen LogP contribution in [0.4, 0.5) is 5.69 Å². The number of rotatable bonds is 3. The number of halogens is 1. The van der Waals surface area contributed by atoms with Crippen LogP contribution in [0, 0.1) is 0 Å². The van der Waals surface area contributed by atoms with Crippen LogP contribution in [0.5, 0.6) is 0 Å². The molecular weight excluding hydrogens is 208 g/mol. The van der Waals surface area contributed by atoms with E-state index in [-0.39, 0.29) is 0 Å². The van der Waals surface area contributed by atoms with E-state index in [1.54, 1.807) is 0 Å². The Morgan fingerprint density at radius 1 is 1.13 bits per heavy atom. The zero-order valence-electron chi connectivity index (χ0n) is 8.80. The van der Waals surface area contributed by atoms with Gasteiger partial charge in [-0.05, 0) is 31.0 Å². The summed E-state index contributed by atoms with van der Waals surface area (Å²) in [6.07, 6.45) is 6.61. The molecule has 15 heavy (non-hydrogen) atoms. The Labute approximate surface area is 96.0 Å². The lowest BCUT2D eigenvalue weighted by Crippen LogP contribution is -2.35. The van der Waals surface area contributed by atoms with Gasteiger partial charge in [-0.3, -0.25) is 0 Å². The van der Waals surface area contributed by atoms with E-state index >= 15 is 0 Å². The van der Waals surface area contributed by atoms with Crippen LogP contribution in [0.2, 0.25) is 5.02 Å². The van der Waals surface area contributed by atoms with Crippen molar-refractivity contribution in [3.8, 4) is 0 Å². The van der Waals surface area contributed by atoms with Gasteiger partial charge in [0, 0.05) is 11.1 Å². The molecule has 0 unspecified atom stereocenters. The second kappa shape index (κ2) is 5.38. The lowest BCUT2D eigenvalue weighted by molar-refractivity contribution is 0.393. The summed E-state index contributed by atoms with van der Waals surface area (Å²) in [5.74, 6) is 0. The van der Waals surface area contributed by atoms with Crippen LogP contribution in [0.25, 0.3) is 0 Å². The first kappa shape index (κ1) is 10.8. The van der Waals surface area contributed by atoms with Gasteiger partial charge in [-0.2, -0.15) is 0 Å². The molecule has 0 heterocycles. The third kappa shape index (κ3) is 3.40. The van der Waals surface area contributed by atoms with E-state index in [1.165, 1.54) is 32.1 Å². The maximum atomic E-state index is 5.90. The first-order valence-electron chi connectivity index (χ1n) is 5.62. The normalized spacial score (nSPS) is 17.7. The van der Waals surface area contributed by atoms with E-state index in [1.807, 2.05) is 24.3 Å². The van der Waals surface area contributed by atoms with Crippen LogP contribution in [-0.2, 0) is 0 Å². The third-order valence-corrected chi connectivity index (χ3v) is 3.09. The predicted molar refractivity (Wildman–Crippen MR) is 65.1 cm³/mol. The summed E-state index contributed by atoms with van der Waals surface area (Å²) in [7, 11) is 0. The second-order valence-corrected chi connectivity index (χ2v) is 4.55. The Morgan fingerprint density at radius 2 is 1.93 bits per heavy atom. The number of hydrazine groups is 1. The number of anilines is 1. The third-order valence-electron chi connectivity index (χ3n) is 2.85. The molecule has 1 aliphatic rings. The lowest BCUT2D eigenvalue weighted by atomic mass is 9.96. The molecule has 2 nitrogen and oxygen atoms in total. The van der Waals surface area contributed by atoms with E-state index < -0.39 is 0 Å². The molecule has 2 rings (SSSR count). The molecule has 0 bridgehead atoms. The Balaban J connectivity index is 1.81. The minimum atomic E-state index is 0.609. The fraction of sp³-hybridized carbons (Fsp3) is 0.500. The highest BCUT2D eigenvalue weighted by atomic mass is 35.5. The molecule has 0 spiro atoms. The van der Waals surface area contributed by atoms with Crippen LogP contribution >= 0.6 is 11.6 Å². The summed E-state index contributed by atoms with van der Waals surface area (Å²) in [6, 6.07) is 8.39.